The van der Waals surface area contributed by atoms with E-state index in [1.807, 2.05) is 20.8 Å². The van der Waals surface area contributed by atoms with E-state index in [-0.39, 0.29) is 23.3 Å². The maximum absolute atomic E-state index is 12.1. The largest absolute Gasteiger partial charge is 0.355 e. The molecule has 0 bridgehead atoms. The van der Waals surface area contributed by atoms with Crippen LogP contribution in [-0.2, 0) is 16.0 Å². The maximum Gasteiger partial charge on any atom is 0.225 e. The highest BCUT2D eigenvalue weighted by atomic mass is 16.2. The monoisotopic (exact) mass is 290 g/mol. The number of hydrogen-bond acceptors (Lipinski definition) is 4. The van der Waals surface area contributed by atoms with Gasteiger partial charge in [-0.15, -0.1) is 0 Å². The number of rotatable bonds is 4. The van der Waals surface area contributed by atoms with Crippen molar-refractivity contribution in [1.82, 2.24) is 20.2 Å². The Kier molecular flexibility index (Phi) is 4.55. The minimum absolute atomic E-state index is 0.0524. The number of nitrogens with zero attached hydrogens (tertiary/aromatic N) is 3. The van der Waals surface area contributed by atoms with E-state index in [0.29, 0.717) is 25.9 Å². The van der Waals surface area contributed by atoms with Crippen molar-refractivity contribution >= 4 is 11.8 Å². The molecule has 0 aliphatic carbocycles. The molecule has 21 heavy (non-hydrogen) atoms. The maximum atomic E-state index is 12.1. The predicted octanol–water partition coefficient (Wildman–Crippen LogP) is 0.782. The molecule has 0 radical (unpaired) electrons. The summed E-state index contributed by atoms with van der Waals surface area (Å²) >= 11 is 0. The standard InChI is InChI=1S/C15H22N4O2/c1-15(2,3)19-10-11(8-13(19)20)14(21)18-5-4-12-9-16-6-7-17-12/h6-7,9,11H,4-5,8,10H2,1-3H3,(H,18,21). The van der Waals surface area contributed by atoms with Crippen LogP contribution in [0.25, 0.3) is 0 Å². The second kappa shape index (κ2) is 6.20. The molecule has 1 aliphatic heterocycles. The van der Waals surface area contributed by atoms with Crippen LogP contribution in [0.3, 0.4) is 0 Å². The van der Waals surface area contributed by atoms with Crippen LogP contribution in [0.1, 0.15) is 32.9 Å². The molecule has 6 nitrogen and oxygen atoms in total. The molecule has 2 heterocycles. The van der Waals surface area contributed by atoms with Crippen molar-refractivity contribution in [1.29, 1.82) is 0 Å². The minimum atomic E-state index is -0.251. The normalized spacial score (nSPS) is 18.9. The number of likely N-dealkylation sites (tertiary alicyclic amines) is 1. The van der Waals surface area contributed by atoms with Gasteiger partial charge in [0.05, 0.1) is 11.6 Å². The van der Waals surface area contributed by atoms with Crippen LogP contribution in [0.2, 0.25) is 0 Å². The van der Waals surface area contributed by atoms with Crippen LogP contribution in [0.4, 0.5) is 0 Å². The zero-order valence-electron chi connectivity index (χ0n) is 12.8. The van der Waals surface area contributed by atoms with Gasteiger partial charge in [-0.25, -0.2) is 0 Å². The van der Waals surface area contributed by atoms with Gasteiger partial charge < -0.3 is 10.2 Å². The second-order valence-electron chi connectivity index (χ2n) is 6.31. The molecule has 2 rings (SSSR count). The van der Waals surface area contributed by atoms with Crippen molar-refractivity contribution in [3.63, 3.8) is 0 Å². The lowest BCUT2D eigenvalue weighted by Crippen LogP contribution is -2.43. The first-order valence-electron chi connectivity index (χ1n) is 7.21. The fourth-order valence-electron chi connectivity index (χ4n) is 2.45. The van der Waals surface area contributed by atoms with Gasteiger partial charge in [0, 0.05) is 50.1 Å². The van der Waals surface area contributed by atoms with Crippen LogP contribution < -0.4 is 5.32 Å². The van der Waals surface area contributed by atoms with E-state index in [4.69, 9.17) is 0 Å². The molecule has 1 N–H and O–H groups in total. The third kappa shape index (κ3) is 4.00. The number of aromatic nitrogens is 2. The number of nitrogens with one attached hydrogen (secondary N) is 1. The van der Waals surface area contributed by atoms with E-state index in [2.05, 4.69) is 15.3 Å². The number of hydrogen-bond donors (Lipinski definition) is 1. The molecule has 2 amide bonds. The Morgan fingerprint density at radius 2 is 2.19 bits per heavy atom. The highest BCUT2D eigenvalue weighted by molar-refractivity contribution is 5.89. The Bertz CT molecular complexity index is 510. The van der Waals surface area contributed by atoms with Gasteiger partial charge >= 0.3 is 0 Å². The first kappa shape index (κ1) is 15.4. The fraction of sp³-hybridized carbons (Fsp3) is 0.600. The lowest BCUT2D eigenvalue weighted by atomic mass is 10.1. The molecule has 1 unspecified atom stereocenters. The molecule has 6 heteroatoms. The van der Waals surface area contributed by atoms with E-state index in [1.165, 1.54) is 0 Å². The molecule has 1 saturated heterocycles. The van der Waals surface area contributed by atoms with Crippen LogP contribution in [0, 0.1) is 5.92 Å². The molecule has 114 valence electrons. The summed E-state index contributed by atoms with van der Waals surface area (Å²) in [6, 6.07) is 0. The molecule has 1 aromatic rings. The molecule has 1 aromatic heterocycles. The molecule has 1 aliphatic rings. The quantitative estimate of drug-likeness (QED) is 0.889. The zero-order chi connectivity index (χ0) is 15.5. The summed E-state index contributed by atoms with van der Waals surface area (Å²) < 4.78 is 0. The van der Waals surface area contributed by atoms with Crippen molar-refractivity contribution in [3.05, 3.63) is 24.3 Å². The average Bonchev–Trinajstić information content (AvgIpc) is 2.82. The second-order valence-corrected chi connectivity index (χ2v) is 6.31. The summed E-state index contributed by atoms with van der Waals surface area (Å²) in [5.41, 5.74) is 0.614. The highest BCUT2D eigenvalue weighted by Crippen LogP contribution is 2.25. The van der Waals surface area contributed by atoms with E-state index in [0.717, 1.165) is 5.69 Å². The number of carbonyl (C=O) groups excluding carboxylic acids is 2. The Morgan fingerprint density at radius 3 is 2.76 bits per heavy atom. The van der Waals surface area contributed by atoms with E-state index >= 15 is 0 Å². The number of carbonyl (C=O) groups is 2. The fourth-order valence-corrected chi connectivity index (χ4v) is 2.45. The van der Waals surface area contributed by atoms with Crippen molar-refractivity contribution in [2.24, 2.45) is 5.92 Å². The van der Waals surface area contributed by atoms with Crippen molar-refractivity contribution < 1.29 is 9.59 Å². The van der Waals surface area contributed by atoms with Gasteiger partial charge in [0.25, 0.3) is 0 Å². The van der Waals surface area contributed by atoms with Gasteiger partial charge in [0.15, 0.2) is 0 Å². The highest BCUT2D eigenvalue weighted by Gasteiger charge is 2.39. The summed E-state index contributed by atoms with van der Waals surface area (Å²) in [4.78, 5) is 34.0. The van der Waals surface area contributed by atoms with Crippen molar-refractivity contribution in [2.75, 3.05) is 13.1 Å². The Hall–Kier alpha value is -1.98. The summed E-state index contributed by atoms with van der Waals surface area (Å²) in [6.07, 6.45) is 5.88. The van der Waals surface area contributed by atoms with Crippen LogP contribution >= 0.6 is 0 Å². The van der Waals surface area contributed by atoms with E-state index in [9.17, 15) is 9.59 Å². The predicted molar refractivity (Wildman–Crippen MR) is 78.3 cm³/mol. The third-order valence-electron chi connectivity index (χ3n) is 3.60. The van der Waals surface area contributed by atoms with Crippen LogP contribution in [0.5, 0.6) is 0 Å². The average molecular weight is 290 g/mol. The summed E-state index contributed by atoms with van der Waals surface area (Å²) in [5, 5.41) is 2.88. The smallest absolute Gasteiger partial charge is 0.225 e. The lowest BCUT2D eigenvalue weighted by Gasteiger charge is -2.31. The molecular formula is C15H22N4O2. The Morgan fingerprint density at radius 1 is 1.43 bits per heavy atom. The van der Waals surface area contributed by atoms with Gasteiger partial charge in [-0.3, -0.25) is 19.6 Å². The zero-order valence-corrected chi connectivity index (χ0v) is 12.8. The molecule has 1 fully saturated rings. The third-order valence-corrected chi connectivity index (χ3v) is 3.60. The van der Waals surface area contributed by atoms with Crippen LogP contribution in [0.15, 0.2) is 18.6 Å². The van der Waals surface area contributed by atoms with E-state index < -0.39 is 0 Å². The minimum Gasteiger partial charge on any atom is -0.355 e. The molecule has 0 saturated carbocycles. The van der Waals surface area contributed by atoms with Gasteiger partial charge in [0.2, 0.25) is 11.8 Å². The first-order valence-corrected chi connectivity index (χ1v) is 7.21. The van der Waals surface area contributed by atoms with Gasteiger partial charge in [-0.05, 0) is 20.8 Å². The molecule has 1 atom stereocenters. The van der Waals surface area contributed by atoms with Crippen molar-refractivity contribution in [2.45, 2.75) is 39.2 Å². The number of amides is 2. The Balaban J connectivity index is 1.81. The molecule has 0 aromatic carbocycles. The summed E-state index contributed by atoms with van der Waals surface area (Å²) in [7, 11) is 0. The molecule has 0 spiro atoms. The van der Waals surface area contributed by atoms with Gasteiger partial charge in [-0.1, -0.05) is 0 Å². The summed E-state index contributed by atoms with van der Waals surface area (Å²) in [6.45, 7) is 6.97. The Labute approximate surface area is 125 Å². The molecular weight excluding hydrogens is 268 g/mol. The lowest BCUT2D eigenvalue weighted by molar-refractivity contribution is -0.132. The summed E-state index contributed by atoms with van der Waals surface area (Å²) in [5.74, 6) is -0.255. The van der Waals surface area contributed by atoms with Crippen molar-refractivity contribution in [3.8, 4) is 0 Å². The SMILES string of the molecule is CC(C)(C)N1CC(C(=O)NCCc2cnccn2)CC1=O. The first-order chi connectivity index (χ1) is 9.88. The van der Waals surface area contributed by atoms with Gasteiger partial charge in [0.1, 0.15) is 0 Å². The topological polar surface area (TPSA) is 75.2 Å². The van der Waals surface area contributed by atoms with Gasteiger partial charge in [-0.2, -0.15) is 0 Å². The van der Waals surface area contributed by atoms with E-state index in [1.54, 1.807) is 23.5 Å². The van der Waals surface area contributed by atoms with Crippen LogP contribution in [-0.4, -0.2) is 45.3 Å².